The van der Waals surface area contributed by atoms with E-state index in [1.807, 2.05) is 6.92 Å². The molecule has 0 spiro atoms. The summed E-state index contributed by atoms with van der Waals surface area (Å²) in [4.78, 5) is 13.6. The quantitative estimate of drug-likeness (QED) is 0.820. The highest BCUT2D eigenvalue weighted by molar-refractivity contribution is 7.90. The van der Waals surface area contributed by atoms with Gasteiger partial charge in [-0.1, -0.05) is 11.8 Å². The van der Waals surface area contributed by atoms with Crippen molar-refractivity contribution in [2.75, 3.05) is 32.2 Å². The first kappa shape index (κ1) is 17.2. The maximum absolute atomic E-state index is 12.2. The number of aliphatic hydroxyl groups excluding tert-OH is 1. The first-order valence-electron chi connectivity index (χ1n) is 6.38. The molecule has 0 fully saturated rings. The van der Waals surface area contributed by atoms with Crippen LogP contribution in [0.5, 0.6) is 0 Å². The van der Waals surface area contributed by atoms with Crippen LogP contribution in [0.1, 0.15) is 21.5 Å². The summed E-state index contributed by atoms with van der Waals surface area (Å²) in [6.07, 6.45) is 1.14. The summed E-state index contributed by atoms with van der Waals surface area (Å²) < 4.78 is 22.2. The zero-order chi connectivity index (χ0) is 16.0. The molecule has 21 heavy (non-hydrogen) atoms. The Hall–Kier alpha value is -1.84. The molecule has 1 aromatic carbocycles. The second kappa shape index (κ2) is 7.25. The van der Waals surface area contributed by atoms with E-state index in [9.17, 15) is 13.2 Å². The van der Waals surface area contributed by atoms with Crippen molar-refractivity contribution in [3.8, 4) is 11.8 Å². The predicted molar refractivity (Wildman–Crippen MR) is 81.8 cm³/mol. The molecular formula is C15H19NO4S. The molecule has 1 aromatic rings. The number of rotatable bonds is 4. The predicted octanol–water partition coefficient (Wildman–Crippen LogP) is 0.455. The SMILES string of the molecule is Cc1cc(C(=O)N(C)CCS(C)(=O)=O)ccc1C#CCO. The van der Waals surface area contributed by atoms with Gasteiger partial charge in [-0.15, -0.1) is 0 Å². The van der Waals surface area contributed by atoms with E-state index in [4.69, 9.17) is 5.11 Å². The van der Waals surface area contributed by atoms with E-state index in [2.05, 4.69) is 11.8 Å². The highest BCUT2D eigenvalue weighted by Gasteiger charge is 2.14. The lowest BCUT2D eigenvalue weighted by Gasteiger charge is -2.17. The van der Waals surface area contributed by atoms with Gasteiger partial charge in [-0.05, 0) is 30.7 Å². The maximum Gasteiger partial charge on any atom is 0.253 e. The van der Waals surface area contributed by atoms with Crippen LogP contribution in [0.4, 0.5) is 0 Å². The van der Waals surface area contributed by atoms with Crippen LogP contribution in [0.25, 0.3) is 0 Å². The zero-order valence-corrected chi connectivity index (χ0v) is 13.2. The number of benzene rings is 1. The van der Waals surface area contributed by atoms with E-state index in [1.165, 1.54) is 4.90 Å². The number of nitrogens with zero attached hydrogens (tertiary/aromatic N) is 1. The van der Waals surface area contributed by atoms with Crippen LogP contribution in [0, 0.1) is 18.8 Å². The molecule has 0 saturated carbocycles. The monoisotopic (exact) mass is 309 g/mol. The van der Waals surface area contributed by atoms with Gasteiger partial charge >= 0.3 is 0 Å². The molecule has 5 nitrogen and oxygen atoms in total. The van der Waals surface area contributed by atoms with E-state index in [0.29, 0.717) is 5.56 Å². The standard InChI is InChI=1S/C15H19NO4S/c1-12-11-14(7-6-13(12)5-4-9-17)15(18)16(2)8-10-21(3,19)20/h6-7,11,17H,8-10H2,1-3H3. The van der Waals surface area contributed by atoms with Gasteiger partial charge in [-0.3, -0.25) is 4.79 Å². The number of sulfone groups is 1. The summed E-state index contributed by atoms with van der Waals surface area (Å²) in [6.45, 7) is 1.77. The number of amides is 1. The minimum atomic E-state index is -3.10. The van der Waals surface area contributed by atoms with Gasteiger partial charge in [0.05, 0.1) is 5.75 Å². The smallest absolute Gasteiger partial charge is 0.253 e. The minimum Gasteiger partial charge on any atom is -0.384 e. The van der Waals surface area contributed by atoms with E-state index < -0.39 is 9.84 Å². The summed E-state index contributed by atoms with van der Waals surface area (Å²) in [6, 6.07) is 5.07. The average molecular weight is 309 g/mol. The number of carbonyl (C=O) groups excluding carboxylic acids is 1. The van der Waals surface area contributed by atoms with Crippen LogP contribution in [0.3, 0.4) is 0 Å². The van der Waals surface area contributed by atoms with Crippen LogP contribution < -0.4 is 0 Å². The second-order valence-corrected chi connectivity index (χ2v) is 7.11. The lowest BCUT2D eigenvalue weighted by atomic mass is 10.0. The van der Waals surface area contributed by atoms with Gasteiger partial charge < -0.3 is 10.0 Å². The molecule has 0 radical (unpaired) electrons. The molecule has 1 N–H and O–H groups in total. The Bertz CT molecular complexity index is 683. The average Bonchev–Trinajstić information content (AvgIpc) is 2.41. The summed E-state index contributed by atoms with van der Waals surface area (Å²) in [5, 5.41) is 8.68. The molecule has 0 atom stereocenters. The second-order valence-electron chi connectivity index (χ2n) is 4.85. The Morgan fingerprint density at radius 2 is 2.05 bits per heavy atom. The lowest BCUT2D eigenvalue weighted by Crippen LogP contribution is -2.31. The minimum absolute atomic E-state index is 0.0612. The molecule has 0 aliphatic rings. The van der Waals surface area contributed by atoms with Crippen molar-refractivity contribution in [3.63, 3.8) is 0 Å². The van der Waals surface area contributed by atoms with Crippen LogP contribution >= 0.6 is 0 Å². The molecule has 1 amide bonds. The van der Waals surface area contributed by atoms with Crippen molar-refractivity contribution >= 4 is 15.7 Å². The van der Waals surface area contributed by atoms with Gasteiger partial charge in [0.15, 0.2) is 0 Å². The molecule has 6 heteroatoms. The first-order chi connectivity index (χ1) is 9.74. The van der Waals surface area contributed by atoms with E-state index in [1.54, 1.807) is 25.2 Å². The van der Waals surface area contributed by atoms with Crippen LogP contribution in [-0.4, -0.2) is 56.5 Å². The van der Waals surface area contributed by atoms with Crippen molar-refractivity contribution in [3.05, 3.63) is 34.9 Å². The number of aryl methyl sites for hydroxylation is 1. The number of carbonyl (C=O) groups is 1. The fraction of sp³-hybridized carbons (Fsp3) is 0.400. The normalized spacial score (nSPS) is 10.7. The van der Waals surface area contributed by atoms with Gasteiger partial charge in [0.25, 0.3) is 5.91 Å². The molecular weight excluding hydrogens is 290 g/mol. The Balaban J connectivity index is 2.86. The van der Waals surface area contributed by atoms with Crippen LogP contribution in [0.2, 0.25) is 0 Å². The van der Waals surface area contributed by atoms with Gasteiger partial charge in [-0.25, -0.2) is 8.42 Å². The fourth-order valence-corrected chi connectivity index (χ4v) is 2.30. The van der Waals surface area contributed by atoms with Crippen molar-refractivity contribution in [1.82, 2.24) is 4.90 Å². The summed E-state index contributed by atoms with van der Waals surface area (Å²) in [5.74, 6) is 5.06. The van der Waals surface area contributed by atoms with Crippen molar-refractivity contribution < 1.29 is 18.3 Å². The number of aliphatic hydroxyl groups is 1. The molecule has 1 rings (SSSR count). The summed E-state index contributed by atoms with van der Waals surface area (Å²) in [5.41, 5.74) is 2.07. The van der Waals surface area contributed by atoms with Gasteiger partial charge in [0, 0.05) is 31.0 Å². The molecule has 0 aromatic heterocycles. The van der Waals surface area contributed by atoms with Gasteiger partial charge in [0.1, 0.15) is 16.4 Å². The fourth-order valence-electron chi connectivity index (χ4n) is 1.70. The summed E-state index contributed by atoms with van der Waals surface area (Å²) in [7, 11) is -1.52. The van der Waals surface area contributed by atoms with E-state index >= 15 is 0 Å². The third kappa shape index (κ3) is 5.58. The summed E-state index contributed by atoms with van der Waals surface area (Å²) >= 11 is 0. The number of hydrogen-bond donors (Lipinski definition) is 1. The molecule has 0 aliphatic heterocycles. The number of hydrogen-bond acceptors (Lipinski definition) is 4. The third-order valence-corrected chi connectivity index (χ3v) is 3.84. The van der Waals surface area contributed by atoms with E-state index in [-0.39, 0.29) is 24.8 Å². The highest BCUT2D eigenvalue weighted by atomic mass is 32.2. The Morgan fingerprint density at radius 3 is 2.57 bits per heavy atom. The Labute approximate surface area is 125 Å². The molecule has 0 heterocycles. The molecule has 114 valence electrons. The topological polar surface area (TPSA) is 74.7 Å². The molecule has 0 aliphatic carbocycles. The highest BCUT2D eigenvalue weighted by Crippen LogP contribution is 2.12. The molecule has 0 unspecified atom stereocenters. The first-order valence-corrected chi connectivity index (χ1v) is 8.44. The largest absolute Gasteiger partial charge is 0.384 e. The maximum atomic E-state index is 12.2. The van der Waals surface area contributed by atoms with E-state index in [0.717, 1.165) is 17.4 Å². The Kier molecular flexibility index (Phi) is 5.94. The Morgan fingerprint density at radius 1 is 1.38 bits per heavy atom. The van der Waals surface area contributed by atoms with Crippen molar-refractivity contribution in [2.24, 2.45) is 0 Å². The van der Waals surface area contributed by atoms with Crippen molar-refractivity contribution in [2.45, 2.75) is 6.92 Å². The van der Waals surface area contributed by atoms with Gasteiger partial charge in [0.2, 0.25) is 0 Å². The van der Waals surface area contributed by atoms with Crippen molar-refractivity contribution in [1.29, 1.82) is 0 Å². The lowest BCUT2D eigenvalue weighted by molar-refractivity contribution is 0.0803. The third-order valence-electron chi connectivity index (χ3n) is 2.92. The molecule has 0 bridgehead atoms. The zero-order valence-electron chi connectivity index (χ0n) is 12.4. The van der Waals surface area contributed by atoms with Gasteiger partial charge in [-0.2, -0.15) is 0 Å². The van der Waals surface area contributed by atoms with Crippen LogP contribution in [0.15, 0.2) is 18.2 Å². The van der Waals surface area contributed by atoms with Crippen LogP contribution in [-0.2, 0) is 9.84 Å². The molecule has 0 saturated heterocycles.